The Morgan fingerprint density at radius 3 is 2.63 bits per heavy atom. The summed E-state index contributed by atoms with van der Waals surface area (Å²) in [5.41, 5.74) is 3.82. The van der Waals surface area contributed by atoms with Gasteiger partial charge >= 0.3 is 0 Å². The Morgan fingerprint density at radius 1 is 1.03 bits per heavy atom. The maximum atomic E-state index is 13.8. The summed E-state index contributed by atoms with van der Waals surface area (Å²) in [5.74, 6) is -0.438. The summed E-state index contributed by atoms with van der Waals surface area (Å²) < 4.78 is 15.9. The van der Waals surface area contributed by atoms with Crippen molar-refractivity contribution >= 4 is 34.6 Å². The number of aromatic nitrogens is 2. The van der Waals surface area contributed by atoms with E-state index < -0.39 is 5.82 Å². The largest absolute Gasteiger partial charge is 0.385 e. The van der Waals surface area contributed by atoms with Gasteiger partial charge in [0.2, 0.25) is 0 Å². The summed E-state index contributed by atoms with van der Waals surface area (Å²) in [7, 11) is 0. The molecular formula is C27H25ClFN5S. The van der Waals surface area contributed by atoms with Crippen LogP contribution >= 0.6 is 23.8 Å². The number of benzene rings is 2. The number of anilines is 1. The normalized spacial score (nSPS) is 17.4. The van der Waals surface area contributed by atoms with E-state index >= 15 is 0 Å². The van der Waals surface area contributed by atoms with Crippen molar-refractivity contribution in [1.29, 1.82) is 0 Å². The molecule has 2 aromatic heterocycles. The number of para-hydroxylation sites is 1. The van der Waals surface area contributed by atoms with Gasteiger partial charge in [-0.3, -0.25) is 4.98 Å². The second kappa shape index (κ2) is 10.5. The lowest BCUT2D eigenvalue weighted by atomic mass is 10.0. The van der Waals surface area contributed by atoms with Crippen LogP contribution in [-0.2, 0) is 0 Å². The van der Waals surface area contributed by atoms with Gasteiger partial charge in [0.1, 0.15) is 5.82 Å². The van der Waals surface area contributed by atoms with Crippen LogP contribution in [0.25, 0.3) is 5.69 Å². The highest BCUT2D eigenvalue weighted by Crippen LogP contribution is 2.39. The molecule has 1 fully saturated rings. The van der Waals surface area contributed by atoms with E-state index in [0.717, 1.165) is 42.3 Å². The minimum absolute atomic E-state index is 0.0901. The molecule has 1 aliphatic rings. The number of rotatable bonds is 8. The summed E-state index contributed by atoms with van der Waals surface area (Å²) >= 11 is 11.9. The van der Waals surface area contributed by atoms with Crippen LogP contribution in [0.15, 0.2) is 91.3 Å². The standard InChI is InChI=1S/C27H25ClFN5S/c28-21-18-20(12-13-22(21)29)33-16-6-11-24(33)26-25(23-10-4-5-14-31-23)32-27(35)34(26)17-7-15-30-19-8-2-1-3-9-19/h1-6,8-14,16,18,25-26,30H,7,15,17H2,(H,32,35)/t25-,26-/m1/s1. The number of hydrogen-bond acceptors (Lipinski definition) is 3. The molecule has 0 amide bonds. The number of hydrogen-bond donors (Lipinski definition) is 2. The van der Waals surface area contributed by atoms with Crippen molar-refractivity contribution in [3.05, 3.63) is 113 Å². The van der Waals surface area contributed by atoms with Gasteiger partial charge in [-0.25, -0.2) is 4.39 Å². The van der Waals surface area contributed by atoms with E-state index in [0.29, 0.717) is 5.11 Å². The molecule has 0 radical (unpaired) electrons. The fourth-order valence-electron chi connectivity index (χ4n) is 4.51. The predicted molar refractivity (Wildman–Crippen MR) is 142 cm³/mol. The third-order valence-electron chi connectivity index (χ3n) is 6.14. The van der Waals surface area contributed by atoms with Crippen molar-refractivity contribution in [3.63, 3.8) is 0 Å². The molecule has 0 aliphatic carbocycles. The van der Waals surface area contributed by atoms with Gasteiger partial charge in [-0.2, -0.15) is 0 Å². The second-order valence-corrected chi connectivity index (χ2v) is 9.16. The van der Waals surface area contributed by atoms with Gasteiger partial charge in [-0.05, 0) is 73.2 Å². The first-order valence-electron chi connectivity index (χ1n) is 11.5. The smallest absolute Gasteiger partial charge is 0.170 e. The van der Waals surface area contributed by atoms with Gasteiger partial charge in [-0.15, -0.1) is 0 Å². The molecule has 8 heteroatoms. The van der Waals surface area contributed by atoms with E-state index in [9.17, 15) is 4.39 Å². The zero-order chi connectivity index (χ0) is 24.2. The summed E-state index contributed by atoms with van der Waals surface area (Å²) in [6.07, 6.45) is 4.65. The Labute approximate surface area is 214 Å². The maximum absolute atomic E-state index is 13.8. The molecule has 2 aromatic carbocycles. The van der Waals surface area contributed by atoms with Crippen molar-refractivity contribution in [2.45, 2.75) is 18.5 Å². The number of pyridine rings is 1. The molecule has 2 atom stereocenters. The van der Waals surface area contributed by atoms with Crippen LogP contribution in [0.3, 0.4) is 0 Å². The van der Waals surface area contributed by atoms with Crippen LogP contribution in [0.1, 0.15) is 29.9 Å². The molecule has 178 valence electrons. The Hall–Kier alpha value is -3.42. The average Bonchev–Trinajstić information content (AvgIpc) is 3.49. The summed E-state index contributed by atoms with van der Waals surface area (Å²) in [5, 5.41) is 7.74. The van der Waals surface area contributed by atoms with Crippen LogP contribution in [0.4, 0.5) is 10.1 Å². The van der Waals surface area contributed by atoms with E-state index in [1.54, 1.807) is 18.3 Å². The fraction of sp³-hybridized carbons (Fsp3) is 0.185. The maximum Gasteiger partial charge on any atom is 0.170 e. The highest BCUT2D eigenvalue weighted by molar-refractivity contribution is 7.80. The molecule has 0 spiro atoms. The lowest BCUT2D eigenvalue weighted by Crippen LogP contribution is -2.32. The van der Waals surface area contributed by atoms with Crippen molar-refractivity contribution in [3.8, 4) is 5.69 Å². The zero-order valence-electron chi connectivity index (χ0n) is 18.9. The molecule has 0 unspecified atom stereocenters. The molecule has 1 aliphatic heterocycles. The third-order valence-corrected chi connectivity index (χ3v) is 6.78. The molecule has 4 aromatic rings. The van der Waals surface area contributed by atoms with Gasteiger partial charge in [0, 0.05) is 42.6 Å². The lowest BCUT2D eigenvalue weighted by molar-refractivity contribution is 0.307. The van der Waals surface area contributed by atoms with Gasteiger partial charge < -0.3 is 20.1 Å². The first-order valence-corrected chi connectivity index (χ1v) is 12.3. The van der Waals surface area contributed by atoms with Crippen LogP contribution in [0.5, 0.6) is 0 Å². The molecule has 5 nitrogen and oxygen atoms in total. The van der Waals surface area contributed by atoms with Crippen molar-refractivity contribution in [2.24, 2.45) is 0 Å². The van der Waals surface area contributed by atoms with E-state index in [1.165, 1.54) is 6.07 Å². The average molecular weight is 506 g/mol. The molecule has 2 N–H and O–H groups in total. The number of nitrogens with one attached hydrogen (secondary N) is 2. The number of thiocarbonyl (C=S) groups is 1. The van der Waals surface area contributed by atoms with Crippen molar-refractivity contribution < 1.29 is 4.39 Å². The Morgan fingerprint density at radius 2 is 1.86 bits per heavy atom. The SMILES string of the molecule is Fc1ccc(-n2cccc2[C@@H]2[C@@H](c3ccccn3)NC(=S)N2CCCNc2ccccc2)cc1Cl. The van der Waals surface area contributed by atoms with Crippen LogP contribution in [0.2, 0.25) is 5.02 Å². The van der Waals surface area contributed by atoms with E-state index in [2.05, 4.69) is 38.7 Å². The number of halogens is 2. The Balaban J connectivity index is 1.44. The summed E-state index contributed by atoms with van der Waals surface area (Å²) in [4.78, 5) is 6.83. The van der Waals surface area contributed by atoms with Crippen molar-refractivity contribution in [2.75, 3.05) is 18.4 Å². The molecule has 5 rings (SSSR count). The van der Waals surface area contributed by atoms with E-state index in [1.807, 2.05) is 53.2 Å². The topological polar surface area (TPSA) is 45.1 Å². The zero-order valence-corrected chi connectivity index (χ0v) is 20.5. The van der Waals surface area contributed by atoms with Crippen LogP contribution in [-0.4, -0.2) is 32.7 Å². The van der Waals surface area contributed by atoms with Crippen LogP contribution in [0, 0.1) is 5.82 Å². The van der Waals surface area contributed by atoms with Crippen LogP contribution < -0.4 is 10.6 Å². The summed E-state index contributed by atoms with van der Waals surface area (Å²) in [6.45, 7) is 1.58. The third kappa shape index (κ3) is 5.01. The molecule has 0 bridgehead atoms. The fourth-order valence-corrected chi connectivity index (χ4v) is 5.02. The molecule has 35 heavy (non-hydrogen) atoms. The second-order valence-electron chi connectivity index (χ2n) is 8.37. The van der Waals surface area contributed by atoms with E-state index in [-0.39, 0.29) is 17.1 Å². The molecule has 1 saturated heterocycles. The van der Waals surface area contributed by atoms with Gasteiger partial charge in [0.25, 0.3) is 0 Å². The first-order chi connectivity index (χ1) is 17.1. The highest BCUT2D eigenvalue weighted by Gasteiger charge is 2.40. The molecular weight excluding hydrogens is 481 g/mol. The quantitative estimate of drug-likeness (QED) is 0.222. The summed E-state index contributed by atoms with van der Waals surface area (Å²) in [6, 6.07) is 24.6. The highest BCUT2D eigenvalue weighted by atomic mass is 35.5. The Kier molecular flexibility index (Phi) is 6.97. The predicted octanol–water partition coefficient (Wildman–Crippen LogP) is 6.14. The van der Waals surface area contributed by atoms with Crippen molar-refractivity contribution in [1.82, 2.24) is 19.8 Å². The Bertz CT molecular complexity index is 1300. The molecule has 3 heterocycles. The first kappa shape index (κ1) is 23.3. The monoisotopic (exact) mass is 505 g/mol. The lowest BCUT2D eigenvalue weighted by Gasteiger charge is -2.29. The van der Waals surface area contributed by atoms with Gasteiger partial charge in [0.15, 0.2) is 5.11 Å². The minimum atomic E-state index is -0.438. The van der Waals surface area contributed by atoms with E-state index in [4.69, 9.17) is 23.8 Å². The van der Waals surface area contributed by atoms with Gasteiger partial charge in [0.05, 0.1) is 22.8 Å². The molecule has 0 saturated carbocycles. The number of nitrogens with zero attached hydrogens (tertiary/aromatic N) is 3. The van der Waals surface area contributed by atoms with Gasteiger partial charge in [-0.1, -0.05) is 35.9 Å². The minimum Gasteiger partial charge on any atom is -0.385 e.